The Hall–Kier alpha value is -2.43. The number of hydrogen-bond donors (Lipinski definition) is 0. The Morgan fingerprint density at radius 3 is 2.68 bits per heavy atom. The summed E-state index contributed by atoms with van der Waals surface area (Å²) in [6, 6.07) is 8.23. The first-order valence-electron chi connectivity index (χ1n) is 7.74. The average Bonchev–Trinajstić information content (AvgIpc) is 3.01. The van der Waals surface area contributed by atoms with Crippen molar-refractivity contribution in [2.75, 3.05) is 18.0 Å². The first kappa shape index (κ1) is 13.2. The predicted octanol–water partition coefficient (Wildman–Crippen LogP) is 2.75. The molecule has 0 bridgehead atoms. The van der Waals surface area contributed by atoms with Crippen LogP contribution >= 0.6 is 0 Å². The molecule has 1 saturated heterocycles. The molecule has 112 valence electrons. The summed E-state index contributed by atoms with van der Waals surface area (Å²) in [5.41, 5.74) is 2.37. The first-order valence-corrected chi connectivity index (χ1v) is 7.74. The number of para-hydroxylation sites is 1. The van der Waals surface area contributed by atoms with Gasteiger partial charge in [-0.1, -0.05) is 12.1 Å². The van der Waals surface area contributed by atoms with Crippen LogP contribution in [-0.4, -0.2) is 32.8 Å². The minimum absolute atomic E-state index is 0.609. The van der Waals surface area contributed by atoms with E-state index in [9.17, 15) is 0 Å². The van der Waals surface area contributed by atoms with E-state index >= 15 is 0 Å². The van der Waals surface area contributed by atoms with E-state index in [4.69, 9.17) is 0 Å². The van der Waals surface area contributed by atoms with Crippen molar-refractivity contribution in [1.29, 1.82) is 0 Å². The lowest BCUT2D eigenvalue weighted by Gasteiger charge is -2.32. The van der Waals surface area contributed by atoms with Crippen LogP contribution < -0.4 is 4.90 Å². The molecular formula is C17H19N5. The fourth-order valence-electron chi connectivity index (χ4n) is 3.32. The molecule has 1 aliphatic heterocycles. The summed E-state index contributed by atoms with van der Waals surface area (Å²) in [5, 5.41) is 5.44. The van der Waals surface area contributed by atoms with Gasteiger partial charge in [-0.2, -0.15) is 5.10 Å². The maximum absolute atomic E-state index is 4.53. The van der Waals surface area contributed by atoms with Gasteiger partial charge in [0.25, 0.3) is 0 Å². The van der Waals surface area contributed by atoms with Crippen molar-refractivity contribution in [3.05, 3.63) is 48.5 Å². The van der Waals surface area contributed by atoms with Crippen LogP contribution in [0.15, 0.2) is 43.0 Å². The van der Waals surface area contributed by atoms with Gasteiger partial charge in [-0.05, 0) is 36.5 Å². The Kier molecular flexibility index (Phi) is 3.25. The van der Waals surface area contributed by atoms with Gasteiger partial charge in [-0.15, -0.1) is 0 Å². The highest BCUT2D eigenvalue weighted by molar-refractivity contribution is 5.89. The zero-order chi connectivity index (χ0) is 14.9. The van der Waals surface area contributed by atoms with Crippen molar-refractivity contribution in [3.8, 4) is 0 Å². The summed E-state index contributed by atoms with van der Waals surface area (Å²) >= 11 is 0. The van der Waals surface area contributed by atoms with Gasteiger partial charge in [-0.3, -0.25) is 4.68 Å². The third-order valence-electron chi connectivity index (χ3n) is 4.51. The molecule has 4 rings (SSSR count). The number of rotatable bonds is 2. The molecule has 5 nitrogen and oxygen atoms in total. The van der Waals surface area contributed by atoms with Gasteiger partial charge < -0.3 is 4.90 Å². The molecule has 0 spiro atoms. The molecular weight excluding hydrogens is 274 g/mol. The molecule has 0 unspecified atom stereocenters. The average molecular weight is 293 g/mol. The summed E-state index contributed by atoms with van der Waals surface area (Å²) in [5.74, 6) is 1.67. The van der Waals surface area contributed by atoms with Gasteiger partial charge in [0.2, 0.25) is 0 Å². The van der Waals surface area contributed by atoms with Crippen LogP contribution in [0.2, 0.25) is 0 Å². The molecule has 0 saturated carbocycles. The smallest absolute Gasteiger partial charge is 0.139 e. The Bertz CT molecular complexity index is 781. The van der Waals surface area contributed by atoms with Crippen LogP contribution in [0.3, 0.4) is 0 Å². The third-order valence-corrected chi connectivity index (χ3v) is 4.51. The number of nitrogens with zero attached hydrogens (tertiary/aromatic N) is 5. The van der Waals surface area contributed by atoms with Gasteiger partial charge in [0.05, 0.1) is 11.7 Å². The van der Waals surface area contributed by atoms with Crippen LogP contribution in [0.5, 0.6) is 0 Å². The Morgan fingerprint density at radius 1 is 1.09 bits per heavy atom. The summed E-state index contributed by atoms with van der Waals surface area (Å²) < 4.78 is 1.89. The van der Waals surface area contributed by atoms with Crippen molar-refractivity contribution < 1.29 is 0 Å². The van der Waals surface area contributed by atoms with E-state index in [0.29, 0.717) is 5.92 Å². The molecule has 0 N–H and O–H groups in total. The van der Waals surface area contributed by atoms with E-state index in [2.05, 4.69) is 38.3 Å². The van der Waals surface area contributed by atoms with E-state index in [1.807, 2.05) is 30.1 Å². The van der Waals surface area contributed by atoms with E-state index in [0.717, 1.165) is 42.7 Å². The molecule has 0 radical (unpaired) electrons. The lowest BCUT2D eigenvalue weighted by atomic mass is 9.91. The lowest BCUT2D eigenvalue weighted by molar-refractivity contribution is 0.503. The van der Waals surface area contributed by atoms with Crippen LogP contribution in [0.1, 0.15) is 24.3 Å². The van der Waals surface area contributed by atoms with E-state index in [-0.39, 0.29) is 0 Å². The second-order valence-electron chi connectivity index (χ2n) is 5.92. The fourth-order valence-corrected chi connectivity index (χ4v) is 3.32. The summed E-state index contributed by atoms with van der Waals surface area (Å²) in [7, 11) is 1.98. The molecule has 1 aliphatic rings. The lowest BCUT2D eigenvalue weighted by Crippen LogP contribution is -2.33. The van der Waals surface area contributed by atoms with E-state index < -0.39 is 0 Å². The highest BCUT2D eigenvalue weighted by Crippen LogP contribution is 2.31. The van der Waals surface area contributed by atoms with Crippen LogP contribution in [-0.2, 0) is 7.05 Å². The van der Waals surface area contributed by atoms with E-state index in [1.165, 1.54) is 5.56 Å². The Balaban J connectivity index is 1.55. The fraction of sp³-hybridized carbons (Fsp3) is 0.353. The quantitative estimate of drug-likeness (QED) is 0.729. The second-order valence-corrected chi connectivity index (χ2v) is 5.92. The van der Waals surface area contributed by atoms with Crippen LogP contribution in [0.4, 0.5) is 5.82 Å². The summed E-state index contributed by atoms with van der Waals surface area (Å²) in [6.07, 6.45) is 8.10. The predicted molar refractivity (Wildman–Crippen MR) is 86.9 cm³/mol. The number of hydrogen-bond acceptors (Lipinski definition) is 4. The number of aromatic nitrogens is 4. The number of fused-ring (bicyclic) bond motifs is 1. The first-order chi connectivity index (χ1) is 10.8. The molecule has 1 fully saturated rings. The van der Waals surface area contributed by atoms with Crippen molar-refractivity contribution in [2.45, 2.75) is 18.8 Å². The Labute approximate surface area is 129 Å². The highest BCUT2D eigenvalue weighted by Gasteiger charge is 2.23. The molecule has 3 heterocycles. The topological polar surface area (TPSA) is 46.8 Å². The normalized spacial score (nSPS) is 16.3. The van der Waals surface area contributed by atoms with Crippen molar-refractivity contribution in [1.82, 2.24) is 19.7 Å². The third kappa shape index (κ3) is 2.32. The molecule has 22 heavy (non-hydrogen) atoms. The number of benzene rings is 1. The van der Waals surface area contributed by atoms with E-state index in [1.54, 1.807) is 6.33 Å². The van der Waals surface area contributed by atoms with Gasteiger partial charge in [0.15, 0.2) is 0 Å². The molecule has 2 aromatic heterocycles. The maximum atomic E-state index is 4.53. The largest absolute Gasteiger partial charge is 0.356 e. The zero-order valence-corrected chi connectivity index (χ0v) is 12.7. The molecule has 5 heteroatoms. The van der Waals surface area contributed by atoms with Gasteiger partial charge >= 0.3 is 0 Å². The molecule has 0 atom stereocenters. The number of piperidine rings is 1. The summed E-state index contributed by atoms with van der Waals surface area (Å²) in [6.45, 7) is 2.06. The monoisotopic (exact) mass is 293 g/mol. The summed E-state index contributed by atoms with van der Waals surface area (Å²) in [4.78, 5) is 11.3. The van der Waals surface area contributed by atoms with Crippen molar-refractivity contribution >= 4 is 16.7 Å². The number of anilines is 1. The minimum Gasteiger partial charge on any atom is -0.356 e. The standard InChI is InChI=1S/C17H19N5/c1-21-11-14(10-20-21)13-6-8-22(9-7-13)17-15-4-2-3-5-16(15)18-12-19-17/h2-5,10-13H,6-9H2,1H3. The molecule has 1 aromatic carbocycles. The van der Waals surface area contributed by atoms with Crippen molar-refractivity contribution in [3.63, 3.8) is 0 Å². The molecule has 0 amide bonds. The van der Waals surface area contributed by atoms with Gasteiger partial charge in [-0.25, -0.2) is 9.97 Å². The maximum Gasteiger partial charge on any atom is 0.139 e. The van der Waals surface area contributed by atoms with Gasteiger partial charge in [0, 0.05) is 31.7 Å². The SMILES string of the molecule is Cn1cc(C2CCN(c3ncnc4ccccc34)CC2)cn1. The van der Waals surface area contributed by atoms with Gasteiger partial charge in [0.1, 0.15) is 12.1 Å². The van der Waals surface area contributed by atoms with Crippen LogP contribution in [0.25, 0.3) is 10.9 Å². The zero-order valence-electron chi connectivity index (χ0n) is 12.7. The Morgan fingerprint density at radius 2 is 1.91 bits per heavy atom. The van der Waals surface area contributed by atoms with Crippen molar-refractivity contribution in [2.24, 2.45) is 7.05 Å². The highest BCUT2D eigenvalue weighted by atomic mass is 15.2. The number of aryl methyl sites for hydroxylation is 1. The van der Waals surface area contributed by atoms with Crippen LogP contribution in [0, 0.1) is 0 Å². The second kappa shape index (κ2) is 5.40. The molecule has 0 aliphatic carbocycles. The molecule has 3 aromatic rings. The minimum atomic E-state index is 0.609.